The molecule has 2 fully saturated rings. The molecule has 2 rings (SSSR count). The lowest BCUT2D eigenvalue weighted by atomic mass is 9.83. The highest BCUT2D eigenvalue weighted by molar-refractivity contribution is 7.88. The van der Waals surface area contributed by atoms with Crippen molar-refractivity contribution in [2.45, 2.75) is 45.4 Å². The standard InChI is InChI=1S/C18H36N4O2S/c1-15-5-7-17(8-6-15)14-21(3)18(19-2)20-13-16-9-11-22(12-10-16)25(4,23)24/h15-17H,5-14H2,1-4H3,(H,19,20). The Labute approximate surface area is 154 Å². The Hall–Kier alpha value is -0.820. The van der Waals surface area contributed by atoms with E-state index in [1.54, 1.807) is 4.31 Å². The number of aliphatic imine (C=N–C) groups is 1. The minimum absolute atomic E-state index is 0.513. The second-order valence-electron chi connectivity index (χ2n) is 8.04. The molecule has 1 aliphatic carbocycles. The highest BCUT2D eigenvalue weighted by atomic mass is 32.2. The summed E-state index contributed by atoms with van der Waals surface area (Å²) in [5.41, 5.74) is 0. The quantitative estimate of drug-likeness (QED) is 0.592. The summed E-state index contributed by atoms with van der Waals surface area (Å²) in [6.45, 7) is 5.57. The smallest absolute Gasteiger partial charge is 0.211 e. The van der Waals surface area contributed by atoms with Crippen LogP contribution in [0.2, 0.25) is 0 Å². The lowest BCUT2D eigenvalue weighted by Gasteiger charge is -2.33. The lowest BCUT2D eigenvalue weighted by Crippen LogP contribution is -2.45. The van der Waals surface area contributed by atoms with E-state index in [-0.39, 0.29) is 0 Å². The fraction of sp³-hybridized carbons (Fsp3) is 0.944. The maximum atomic E-state index is 11.6. The van der Waals surface area contributed by atoms with Crippen LogP contribution in [0.15, 0.2) is 4.99 Å². The van der Waals surface area contributed by atoms with Gasteiger partial charge in [0.15, 0.2) is 5.96 Å². The third kappa shape index (κ3) is 6.44. The topological polar surface area (TPSA) is 65.0 Å². The molecule has 0 atom stereocenters. The molecule has 0 amide bonds. The molecule has 25 heavy (non-hydrogen) atoms. The Morgan fingerprint density at radius 1 is 1.12 bits per heavy atom. The molecule has 0 aromatic rings. The van der Waals surface area contributed by atoms with Gasteiger partial charge in [-0.15, -0.1) is 0 Å². The van der Waals surface area contributed by atoms with Crippen molar-refractivity contribution in [3.63, 3.8) is 0 Å². The van der Waals surface area contributed by atoms with Gasteiger partial charge in [0.1, 0.15) is 0 Å². The second kappa shape index (κ2) is 9.21. The minimum atomic E-state index is -3.04. The third-order valence-electron chi connectivity index (χ3n) is 5.83. The molecule has 0 radical (unpaired) electrons. The van der Waals surface area contributed by atoms with Crippen LogP contribution < -0.4 is 5.32 Å². The Bertz CT molecular complexity index is 533. The Balaban J connectivity index is 1.73. The monoisotopic (exact) mass is 372 g/mol. The summed E-state index contributed by atoms with van der Waals surface area (Å²) >= 11 is 0. The summed E-state index contributed by atoms with van der Waals surface area (Å²) in [6.07, 6.45) is 8.49. The van der Waals surface area contributed by atoms with E-state index in [0.717, 1.165) is 43.7 Å². The normalized spacial score (nSPS) is 27.3. The molecule has 0 aromatic carbocycles. The zero-order valence-electron chi connectivity index (χ0n) is 16.4. The summed E-state index contributed by atoms with van der Waals surface area (Å²) in [5.74, 6) is 3.14. The van der Waals surface area contributed by atoms with Crippen molar-refractivity contribution in [2.24, 2.45) is 22.7 Å². The van der Waals surface area contributed by atoms with Crippen molar-refractivity contribution in [3.05, 3.63) is 0 Å². The maximum Gasteiger partial charge on any atom is 0.211 e. The molecule has 1 heterocycles. The van der Waals surface area contributed by atoms with Crippen LogP contribution in [0.3, 0.4) is 0 Å². The average molecular weight is 373 g/mol. The Morgan fingerprint density at radius 2 is 1.72 bits per heavy atom. The minimum Gasteiger partial charge on any atom is -0.356 e. The van der Waals surface area contributed by atoms with Crippen LogP contribution in [0.5, 0.6) is 0 Å². The average Bonchev–Trinajstić information content (AvgIpc) is 2.57. The van der Waals surface area contributed by atoms with E-state index in [1.165, 1.54) is 31.9 Å². The molecule has 1 saturated heterocycles. The van der Waals surface area contributed by atoms with Crippen LogP contribution in [0.1, 0.15) is 45.4 Å². The number of sulfonamides is 1. The molecule has 7 heteroatoms. The third-order valence-corrected chi connectivity index (χ3v) is 7.14. The van der Waals surface area contributed by atoms with E-state index in [9.17, 15) is 8.42 Å². The predicted octanol–water partition coefficient (Wildman–Crippen LogP) is 1.99. The molecular formula is C18H36N4O2S. The van der Waals surface area contributed by atoms with Gasteiger partial charge in [-0.25, -0.2) is 12.7 Å². The molecule has 1 aliphatic heterocycles. The van der Waals surface area contributed by atoms with E-state index in [0.29, 0.717) is 19.0 Å². The molecule has 146 valence electrons. The van der Waals surface area contributed by atoms with Crippen molar-refractivity contribution in [3.8, 4) is 0 Å². The van der Waals surface area contributed by atoms with Crippen molar-refractivity contribution in [1.29, 1.82) is 0 Å². The molecule has 1 N–H and O–H groups in total. The molecule has 0 unspecified atom stereocenters. The van der Waals surface area contributed by atoms with Gasteiger partial charge in [0.25, 0.3) is 0 Å². The Morgan fingerprint density at radius 3 is 2.24 bits per heavy atom. The van der Waals surface area contributed by atoms with Gasteiger partial charge >= 0.3 is 0 Å². The van der Waals surface area contributed by atoms with Crippen LogP contribution >= 0.6 is 0 Å². The summed E-state index contributed by atoms with van der Waals surface area (Å²) < 4.78 is 24.8. The number of hydrogen-bond donors (Lipinski definition) is 1. The molecule has 0 spiro atoms. The maximum absolute atomic E-state index is 11.6. The van der Waals surface area contributed by atoms with Gasteiger partial charge in [-0.1, -0.05) is 19.8 Å². The zero-order chi connectivity index (χ0) is 18.4. The van der Waals surface area contributed by atoms with Crippen molar-refractivity contribution in [1.82, 2.24) is 14.5 Å². The lowest BCUT2D eigenvalue weighted by molar-refractivity contribution is 0.247. The van der Waals surface area contributed by atoms with Gasteiger partial charge in [-0.05, 0) is 43.4 Å². The van der Waals surface area contributed by atoms with Gasteiger partial charge in [-0.3, -0.25) is 4.99 Å². The van der Waals surface area contributed by atoms with Gasteiger partial charge in [0.05, 0.1) is 6.26 Å². The first kappa shape index (κ1) is 20.5. The number of guanidine groups is 1. The summed E-state index contributed by atoms with van der Waals surface area (Å²) in [6, 6.07) is 0. The Kier molecular flexibility index (Phi) is 7.55. The molecule has 6 nitrogen and oxygen atoms in total. The van der Waals surface area contributed by atoms with Crippen LogP contribution in [-0.4, -0.2) is 70.1 Å². The molecule has 0 aromatic heterocycles. The summed E-state index contributed by atoms with van der Waals surface area (Å²) in [5, 5.41) is 3.50. The SMILES string of the molecule is CN=C(NCC1CCN(S(C)(=O)=O)CC1)N(C)CC1CCC(C)CC1. The van der Waals surface area contributed by atoms with Gasteiger partial charge < -0.3 is 10.2 Å². The number of nitrogens with one attached hydrogen (secondary N) is 1. The van der Waals surface area contributed by atoms with Gasteiger partial charge in [-0.2, -0.15) is 0 Å². The van der Waals surface area contributed by atoms with Crippen LogP contribution in [-0.2, 0) is 10.0 Å². The predicted molar refractivity (Wildman–Crippen MR) is 104 cm³/mol. The van der Waals surface area contributed by atoms with Gasteiger partial charge in [0.2, 0.25) is 10.0 Å². The molecular weight excluding hydrogens is 336 g/mol. The van der Waals surface area contributed by atoms with Crippen LogP contribution in [0, 0.1) is 17.8 Å². The number of nitrogens with zero attached hydrogens (tertiary/aromatic N) is 3. The van der Waals surface area contributed by atoms with Gasteiger partial charge in [0, 0.05) is 40.3 Å². The first-order valence-corrected chi connectivity index (χ1v) is 11.5. The molecule has 0 bridgehead atoms. The van der Waals surface area contributed by atoms with Crippen molar-refractivity contribution >= 4 is 16.0 Å². The fourth-order valence-corrected chi connectivity index (χ4v) is 4.92. The van der Waals surface area contributed by atoms with E-state index >= 15 is 0 Å². The number of rotatable bonds is 5. The van der Waals surface area contributed by atoms with Crippen molar-refractivity contribution < 1.29 is 8.42 Å². The van der Waals surface area contributed by atoms with Crippen LogP contribution in [0.4, 0.5) is 0 Å². The van der Waals surface area contributed by atoms with E-state index in [4.69, 9.17) is 0 Å². The first-order valence-electron chi connectivity index (χ1n) is 9.66. The first-order chi connectivity index (χ1) is 11.8. The summed E-state index contributed by atoms with van der Waals surface area (Å²) in [4.78, 5) is 6.69. The number of hydrogen-bond acceptors (Lipinski definition) is 3. The zero-order valence-corrected chi connectivity index (χ0v) is 17.2. The highest BCUT2D eigenvalue weighted by Crippen LogP contribution is 2.28. The highest BCUT2D eigenvalue weighted by Gasteiger charge is 2.25. The van der Waals surface area contributed by atoms with Crippen molar-refractivity contribution in [2.75, 3.05) is 46.5 Å². The van der Waals surface area contributed by atoms with Crippen LogP contribution in [0.25, 0.3) is 0 Å². The number of piperidine rings is 1. The van der Waals surface area contributed by atoms with E-state index < -0.39 is 10.0 Å². The second-order valence-corrected chi connectivity index (χ2v) is 10.0. The molecule has 2 aliphatic rings. The largest absolute Gasteiger partial charge is 0.356 e. The summed E-state index contributed by atoms with van der Waals surface area (Å²) in [7, 11) is 0.928. The molecule has 1 saturated carbocycles. The van der Waals surface area contributed by atoms with E-state index in [1.807, 2.05) is 7.05 Å². The fourth-order valence-electron chi connectivity index (χ4n) is 4.05. The van der Waals surface area contributed by atoms with E-state index in [2.05, 4.69) is 29.2 Å².